The lowest BCUT2D eigenvalue weighted by Gasteiger charge is -2.04. The summed E-state index contributed by atoms with van der Waals surface area (Å²) in [7, 11) is 1.76. The van der Waals surface area contributed by atoms with Gasteiger partial charge in [-0.1, -0.05) is 15.9 Å². The van der Waals surface area contributed by atoms with Crippen molar-refractivity contribution in [2.75, 3.05) is 12.8 Å². The molecular weight excluding hydrogens is 216 g/mol. The van der Waals surface area contributed by atoms with Crippen molar-refractivity contribution in [2.45, 2.75) is 6.92 Å². The third-order valence-corrected chi connectivity index (χ3v) is 2.23. The maximum atomic E-state index is 5.76. The highest BCUT2D eigenvalue weighted by atomic mass is 79.9. The average Bonchev–Trinajstić information content (AvgIpc) is 2.08. The molecule has 2 nitrogen and oxygen atoms in total. The standard InChI is InChI=1S/C9H11BrN2/c1-6(12-2)8-5-7(10)3-4-9(8)11/h3-5H,11H2,1-2H3. The fraction of sp³-hybridized carbons (Fsp3) is 0.222. The van der Waals surface area contributed by atoms with E-state index < -0.39 is 0 Å². The highest BCUT2D eigenvalue weighted by molar-refractivity contribution is 9.10. The highest BCUT2D eigenvalue weighted by Gasteiger charge is 2.01. The summed E-state index contributed by atoms with van der Waals surface area (Å²) < 4.78 is 1.02. The molecule has 0 heterocycles. The van der Waals surface area contributed by atoms with Crippen LogP contribution in [0.3, 0.4) is 0 Å². The molecule has 0 fully saturated rings. The van der Waals surface area contributed by atoms with E-state index in [1.54, 1.807) is 7.05 Å². The van der Waals surface area contributed by atoms with Crippen LogP contribution in [0.2, 0.25) is 0 Å². The smallest absolute Gasteiger partial charge is 0.0407 e. The Balaban J connectivity index is 3.23. The molecule has 0 aromatic heterocycles. The Morgan fingerprint density at radius 3 is 2.75 bits per heavy atom. The van der Waals surface area contributed by atoms with Crippen LogP contribution < -0.4 is 5.73 Å². The molecule has 3 heteroatoms. The first-order chi connectivity index (χ1) is 5.65. The van der Waals surface area contributed by atoms with Gasteiger partial charge in [0.2, 0.25) is 0 Å². The van der Waals surface area contributed by atoms with Gasteiger partial charge in [-0.25, -0.2) is 0 Å². The Morgan fingerprint density at radius 1 is 1.50 bits per heavy atom. The summed E-state index contributed by atoms with van der Waals surface area (Å²) in [4.78, 5) is 4.08. The summed E-state index contributed by atoms with van der Waals surface area (Å²) in [6, 6.07) is 5.76. The Bertz CT molecular complexity index is 318. The number of anilines is 1. The van der Waals surface area contributed by atoms with E-state index in [0.717, 1.165) is 21.4 Å². The van der Waals surface area contributed by atoms with Crippen LogP contribution >= 0.6 is 15.9 Å². The molecule has 0 spiro atoms. The van der Waals surface area contributed by atoms with E-state index in [1.165, 1.54) is 0 Å². The van der Waals surface area contributed by atoms with Crippen LogP contribution in [0, 0.1) is 0 Å². The Labute approximate surface area is 80.6 Å². The maximum absolute atomic E-state index is 5.76. The van der Waals surface area contributed by atoms with Crippen molar-refractivity contribution in [3.05, 3.63) is 28.2 Å². The maximum Gasteiger partial charge on any atom is 0.0407 e. The van der Waals surface area contributed by atoms with Gasteiger partial charge >= 0.3 is 0 Å². The van der Waals surface area contributed by atoms with E-state index in [1.807, 2.05) is 25.1 Å². The molecule has 0 unspecified atom stereocenters. The van der Waals surface area contributed by atoms with E-state index in [9.17, 15) is 0 Å². The van der Waals surface area contributed by atoms with Crippen molar-refractivity contribution in [3.8, 4) is 0 Å². The average molecular weight is 227 g/mol. The molecule has 0 bridgehead atoms. The summed E-state index contributed by atoms with van der Waals surface area (Å²) in [5, 5.41) is 0. The zero-order valence-electron chi connectivity index (χ0n) is 7.13. The van der Waals surface area contributed by atoms with Crippen LogP contribution in [-0.4, -0.2) is 12.8 Å². The van der Waals surface area contributed by atoms with E-state index in [-0.39, 0.29) is 0 Å². The van der Waals surface area contributed by atoms with E-state index in [0.29, 0.717) is 0 Å². The summed E-state index contributed by atoms with van der Waals surface area (Å²) in [5.74, 6) is 0. The minimum atomic E-state index is 0.765. The number of hydrogen-bond donors (Lipinski definition) is 1. The molecule has 0 aliphatic heterocycles. The van der Waals surface area contributed by atoms with Crippen molar-refractivity contribution in [3.63, 3.8) is 0 Å². The molecule has 1 rings (SSSR count). The summed E-state index contributed by atoms with van der Waals surface area (Å²) in [6.07, 6.45) is 0. The first-order valence-electron chi connectivity index (χ1n) is 3.64. The van der Waals surface area contributed by atoms with Crippen molar-refractivity contribution in [1.29, 1.82) is 0 Å². The minimum Gasteiger partial charge on any atom is -0.398 e. The number of rotatable bonds is 1. The molecule has 0 aliphatic carbocycles. The molecule has 0 amide bonds. The number of nitrogens with two attached hydrogens (primary N) is 1. The van der Waals surface area contributed by atoms with Gasteiger partial charge in [-0.2, -0.15) is 0 Å². The third-order valence-electron chi connectivity index (χ3n) is 1.74. The second kappa shape index (κ2) is 3.72. The molecule has 0 saturated heterocycles. The summed E-state index contributed by atoms with van der Waals surface area (Å²) in [6.45, 7) is 1.94. The SMILES string of the molecule is CN=C(C)c1cc(Br)ccc1N. The minimum absolute atomic E-state index is 0.765. The molecule has 12 heavy (non-hydrogen) atoms. The topological polar surface area (TPSA) is 38.4 Å². The number of nitrogen functional groups attached to an aromatic ring is 1. The van der Waals surface area contributed by atoms with Gasteiger partial charge in [0.1, 0.15) is 0 Å². The Kier molecular flexibility index (Phi) is 2.87. The molecule has 1 aromatic rings. The number of benzene rings is 1. The number of hydrogen-bond acceptors (Lipinski definition) is 2. The number of aliphatic imine (C=N–C) groups is 1. The monoisotopic (exact) mass is 226 g/mol. The van der Waals surface area contributed by atoms with E-state index in [4.69, 9.17) is 5.73 Å². The molecule has 2 N–H and O–H groups in total. The predicted octanol–water partition coefficient (Wildman–Crippen LogP) is 2.47. The van der Waals surface area contributed by atoms with Gasteiger partial charge in [0, 0.05) is 28.5 Å². The molecule has 0 atom stereocenters. The van der Waals surface area contributed by atoms with Crippen LogP contribution in [0.4, 0.5) is 5.69 Å². The van der Waals surface area contributed by atoms with Crippen molar-refractivity contribution >= 4 is 27.3 Å². The fourth-order valence-electron chi connectivity index (χ4n) is 0.962. The molecular formula is C9H11BrN2. The quantitative estimate of drug-likeness (QED) is 0.580. The van der Waals surface area contributed by atoms with Gasteiger partial charge in [-0.3, -0.25) is 4.99 Å². The second-order valence-corrected chi connectivity index (χ2v) is 3.46. The lowest BCUT2D eigenvalue weighted by Crippen LogP contribution is -2.00. The van der Waals surface area contributed by atoms with Gasteiger partial charge in [0.05, 0.1) is 0 Å². The number of halogens is 1. The van der Waals surface area contributed by atoms with Crippen LogP contribution in [0.25, 0.3) is 0 Å². The lowest BCUT2D eigenvalue weighted by molar-refractivity contribution is 1.41. The largest absolute Gasteiger partial charge is 0.398 e. The predicted molar refractivity (Wildman–Crippen MR) is 56.7 cm³/mol. The van der Waals surface area contributed by atoms with Crippen LogP contribution in [0.1, 0.15) is 12.5 Å². The molecule has 64 valence electrons. The number of nitrogens with zero attached hydrogens (tertiary/aromatic N) is 1. The van der Waals surface area contributed by atoms with Crippen LogP contribution in [0.15, 0.2) is 27.7 Å². The van der Waals surface area contributed by atoms with Gasteiger partial charge in [-0.05, 0) is 25.1 Å². The molecule has 0 radical (unpaired) electrons. The first kappa shape index (κ1) is 9.26. The van der Waals surface area contributed by atoms with E-state index in [2.05, 4.69) is 20.9 Å². The lowest BCUT2D eigenvalue weighted by atomic mass is 10.1. The fourth-order valence-corrected chi connectivity index (χ4v) is 1.32. The Hall–Kier alpha value is -0.830. The first-order valence-corrected chi connectivity index (χ1v) is 4.43. The molecule has 0 saturated carbocycles. The summed E-state index contributed by atoms with van der Waals surface area (Å²) in [5.41, 5.74) is 8.47. The highest BCUT2D eigenvalue weighted by Crippen LogP contribution is 2.18. The normalized spacial score (nSPS) is 11.8. The third kappa shape index (κ3) is 1.85. The van der Waals surface area contributed by atoms with Crippen molar-refractivity contribution in [1.82, 2.24) is 0 Å². The zero-order valence-corrected chi connectivity index (χ0v) is 8.72. The molecule has 0 aliphatic rings. The molecule has 1 aromatic carbocycles. The van der Waals surface area contributed by atoms with Gasteiger partial charge in [-0.15, -0.1) is 0 Å². The zero-order chi connectivity index (χ0) is 9.14. The van der Waals surface area contributed by atoms with Gasteiger partial charge in [0.15, 0.2) is 0 Å². The Morgan fingerprint density at radius 2 is 2.17 bits per heavy atom. The second-order valence-electron chi connectivity index (χ2n) is 2.54. The summed E-state index contributed by atoms with van der Waals surface area (Å²) >= 11 is 3.38. The van der Waals surface area contributed by atoms with Gasteiger partial charge in [0.25, 0.3) is 0 Å². The van der Waals surface area contributed by atoms with E-state index >= 15 is 0 Å². The van der Waals surface area contributed by atoms with Gasteiger partial charge < -0.3 is 5.73 Å². The van der Waals surface area contributed by atoms with Crippen LogP contribution in [-0.2, 0) is 0 Å². The van der Waals surface area contributed by atoms with Crippen molar-refractivity contribution < 1.29 is 0 Å². The van der Waals surface area contributed by atoms with Crippen molar-refractivity contribution in [2.24, 2.45) is 4.99 Å². The van der Waals surface area contributed by atoms with Crippen LogP contribution in [0.5, 0.6) is 0 Å².